The van der Waals surface area contributed by atoms with Crippen molar-refractivity contribution in [1.82, 2.24) is 4.72 Å². The number of thiophene rings is 1. The van der Waals surface area contributed by atoms with E-state index in [-0.39, 0.29) is 11.8 Å². The Morgan fingerprint density at radius 2 is 2.24 bits per heavy atom. The van der Waals surface area contributed by atoms with Crippen molar-refractivity contribution < 1.29 is 8.42 Å². The number of nitrogens with two attached hydrogens (primary N) is 1. The van der Waals surface area contributed by atoms with Crippen LogP contribution in [0.1, 0.15) is 25.3 Å². The summed E-state index contributed by atoms with van der Waals surface area (Å²) in [4.78, 5) is 0. The van der Waals surface area contributed by atoms with E-state index >= 15 is 0 Å². The minimum absolute atomic E-state index is 0.0625. The predicted molar refractivity (Wildman–Crippen MR) is 72.7 cm³/mol. The van der Waals surface area contributed by atoms with Crippen LogP contribution in [0.15, 0.2) is 16.8 Å². The van der Waals surface area contributed by atoms with E-state index in [0.717, 1.165) is 12.8 Å². The fourth-order valence-corrected chi connectivity index (χ4v) is 3.69. The number of nitrogens with one attached hydrogen (secondary N) is 1. The third kappa shape index (κ3) is 6.16. The van der Waals surface area contributed by atoms with Crippen molar-refractivity contribution >= 4 is 21.4 Å². The van der Waals surface area contributed by atoms with Crippen LogP contribution in [0, 0.1) is 0 Å². The first-order chi connectivity index (χ1) is 8.03. The van der Waals surface area contributed by atoms with Crippen LogP contribution >= 0.6 is 11.3 Å². The highest BCUT2D eigenvalue weighted by molar-refractivity contribution is 7.89. The van der Waals surface area contributed by atoms with Crippen molar-refractivity contribution in [1.29, 1.82) is 0 Å². The molecule has 0 saturated carbocycles. The largest absolute Gasteiger partial charge is 0.330 e. The maximum Gasteiger partial charge on any atom is 0.211 e. The molecule has 17 heavy (non-hydrogen) atoms. The van der Waals surface area contributed by atoms with E-state index < -0.39 is 10.0 Å². The first kappa shape index (κ1) is 14.6. The summed E-state index contributed by atoms with van der Waals surface area (Å²) in [7, 11) is -3.16. The number of sulfonamides is 1. The second-order valence-electron chi connectivity index (χ2n) is 4.17. The highest BCUT2D eigenvalue weighted by atomic mass is 32.2. The Bertz CT molecular complexity index is 401. The molecule has 1 aromatic heterocycles. The zero-order valence-corrected chi connectivity index (χ0v) is 11.7. The molecule has 6 heteroatoms. The molecule has 0 fully saturated rings. The van der Waals surface area contributed by atoms with Crippen LogP contribution < -0.4 is 10.5 Å². The summed E-state index contributed by atoms with van der Waals surface area (Å²) in [5.74, 6) is 0.165. The SMILES string of the molecule is CC(Cc1ccsc1)NS(=O)(=O)CCCCN. The summed E-state index contributed by atoms with van der Waals surface area (Å²) < 4.78 is 26.1. The van der Waals surface area contributed by atoms with E-state index in [0.29, 0.717) is 13.0 Å². The molecule has 0 saturated heterocycles. The Labute approximate surface area is 107 Å². The third-order valence-corrected chi connectivity index (χ3v) is 4.69. The van der Waals surface area contributed by atoms with E-state index in [4.69, 9.17) is 5.73 Å². The monoisotopic (exact) mass is 276 g/mol. The predicted octanol–water partition coefficient (Wildman–Crippen LogP) is 1.34. The normalized spacial score (nSPS) is 13.8. The second-order valence-corrected chi connectivity index (χ2v) is 6.82. The standard InChI is InChI=1S/C11H20N2O2S2/c1-10(8-11-4-6-16-9-11)13-17(14,15)7-3-2-5-12/h4,6,9-10,13H,2-3,5,7-8,12H2,1H3. The lowest BCUT2D eigenvalue weighted by molar-refractivity contribution is 0.556. The van der Waals surface area contributed by atoms with Gasteiger partial charge in [-0.3, -0.25) is 0 Å². The molecule has 1 aromatic rings. The van der Waals surface area contributed by atoms with Crippen LogP contribution in [0.25, 0.3) is 0 Å². The smallest absolute Gasteiger partial charge is 0.211 e. The van der Waals surface area contributed by atoms with Crippen molar-refractivity contribution in [3.63, 3.8) is 0 Å². The molecule has 0 amide bonds. The zero-order valence-electron chi connectivity index (χ0n) is 10.1. The number of rotatable bonds is 8. The average Bonchev–Trinajstić information content (AvgIpc) is 2.69. The molecule has 0 aliphatic rings. The highest BCUT2D eigenvalue weighted by Gasteiger charge is 2.14. The van der Waals surface area contributed by atoms with E-state index in [2.05, 4.69) is 4.72 Å². The number of unbranched alkanes of at least 4 members (excludes halogenated alkanes) is 1. The molecular formula is C11H20N2O2S2. The lowest BCUT2D eigenvalue weighted by Crippen LogP contribution is -2.35. The Hall–Kier alpha value is -0.430. The molecule has 0 spiro atoms. The van der Waals surface area contributed by atoms with Crippen molar-refractivity contribution in [2.45, 2.75) is 32.2 Å². The van der Waals surface area contributed by atoms with Gasteiger partial charge in [0, 0.05) is 6.04 Å². The van der Waals surface area contributed by atoms with Gasteiger partial charge >= 0.3 is 0 Å². The molecule has 98 valence electrons. The quantitative estimate of drug-likeness (QED) is 0.704. The van der Waals surface area contributed by atoms with Gasteiger partial charge in [0.25, 0.3) is 0 Å². The van der Waals surface area contributed by atoms with Gasteiger partial charge in [0.1, 0.15) is 0 Å². The van der Waals surface area contributed by atoms with Gasteiger partial charge in [0.2, 0.25) is 10.0 Å². The maximum absolute atomic E-state index is 11.7. The molecule has 0 aromatic carbocycles. The van der Waals surface area contributed by atoms with E-state index in [1.54, 1.807) is 11.3 Å². The summed E-state index contributed by atoms with van der Waals surface area (Å²) >= 11 is 1.63. The van der Waals surface area contributed by atoms with E-state index in [9.17, 15) is 8.42 Å². The van der Waals surface area contributed by atoms with Crippen LogP contribution in [0.5, 0.6) is 0 Å². The minimum Gasteiger partial charge on any atom is -0.330 e. The average molecular weight is 276 g/mol. The molecule has 1 rings (SSSR count). The second kappa shape index (κ2) is 7.10. The molecule has 0 bridgehead atoms. The zero-order chi connectivity index (χ0) is 12.7. The third-order valence-electron chi connectivity index (χ3n) is 2.37. The van der Waals surface area contributed by atoms with Crippen molar-refractivity contribution in [3.05, 3.63) is 22.4 Å². The molecule has 0 radical (unpaired) electrons. The molecule has 0 aliphatic heterocycles. The van der Waals surface area contributed by atoms with Gasteiger partial charge in [-0.25, -0.2) is 13.1 Å². The summed E-state index contributed by atoms with van der Waals surface area (Å²) in [6.45, 7) is 2.43. The van der Waals surface area contributed by atoms with Crippen molar-refractivity contribution in [3.8, 4) is 0 Å². The maximum atomic E-state index is 11.7. The van der Waals surface area contributed by atoms with Crippen molar-refractivity contribution in [2.24, 2.45) is 5.73 Å². The Kier molecular flexibility index (Phi) is 6.11. The minimum atomic E-state index is -3.16. The molecule has 1 unspecified atom stereocenters. The van der Waals surface area contributed by atoms with Gasteiger partial charge in [-0.15, -0.1) is 0 Å². The van der Waals surface area contributed by atoms with Gasteiger partial charge in [-0.2, -0.15) is 11.3 Å². The Morgan fingerprint density at radius 3 is 2.82 bits per heavy atom. The highest BCUT2D eigenvalue weighted by Crippen LogP contribution is 2.09. The van der Waals surface area contributed by atoms with Gasteiger partial charge in [0.15, 0.2) is 0 Å². The van der Waals surface area contributed by atoms with Gasteiger partial charge in [0.05, 0.1) is 5.75 Å². The van der Waals surface area contributed by atoms with E-state index in [1.807, 2.05) is 23.8 Å². The van der Waals surface area contributed by atoms with E-state index in [1.165, 1.54) is 5.56 Å². The summed E-state index contributed by atoms with van der Waals surface area (Å²) in [6, 6.07) is 1.96. The van der Waals surface area contributed by atoms with Gasteiger partial charge in [-0.05, 0) is 55.1 Å². The number of hydrogen-bond donors (Lipinski definition) is 2. The molecule has 1 atom stereocenters. The first-order valence-corrected chi connectivity index (χ1v) is 8.34. The van der Waals surface area contributed by atoms with Crippen LogP contribution in [-0.2, 0) is 16.4 Å². The first-order valence-electron chi connectivity index (χ1n) is 5.74. The Morgan fingerprint density at radius 1 is 1.47 bits per heavy atom. The van der Waals surface area contributed by atoms with Crippen LogP contribution in [0.4, 0.5) is 0 Å². The summed E-state index contributed by atoms with van der Waals surface area (Å²) in [6.07, 6.45) is 2.11. The molecule has 0 aliphatic carbocycles. The fourth-order valence-electron chi connectivity index (χ4n) is 1.61. The Balaban J connectivity index is 2.36. The molecule has 3 N–H and O–H groups in total. The number of hydrogen-bond acceptors (Lipinski definition) is 4. The summed E-state index contributed by atoms with van der Waals surface area (Å²) in [5.41, 5.74) is 6.51. The molecular weight excluding hydrogens is 256 g/mol. The lowest BCUT2D eigenvalue weighted by Gasteiger charge is -2.13. The summed E-state index contributed by atoms with van der Waals surface area (Å²) in [5, 5.41) is 4.04. The lowest BCUT2D eigenvalue weighted by atomic mass is 10.1. The van der Waals surface area contributed by atoms with Crippen LogP contribution in [-0.4, -0.2) is 26.8 Å². The van der Waals surface area contributed by atoms with Gasteiger partial charge < -0.3 is 5.73 Å². The van der Waals surface area contributed by atoms with Crippen LogP contribution in [0.3, 0.4) is 0 Å². The van der Waals surface area contributed by atoms with Gasteiger partial charge in [-0.1, -0.05) is 0 Å². The molecule has 1 heterocycles. The molecule has 4 nitrogen and oxygen atoms in total. The topological polar surface area (TPSA) is 72.2 Å². The van der Waals surface area contributed by atoms with Crippen LogP contribution in [0.2, 0.25) is 0 Å². The fraction of sp³-hybridized carbons (Fsp3) is 0.636. The van der Waals surface area contributed by atoms with Crippen molar-refractivity contribution in [2.75, 3.05) is 12.3 Å².